The Kier molecular flexibility index (Phi) is 4.57. The van der Waals surface area contributed by atoms with Crippen LogP contribution in [0.1, 0.15) is 78.1 Å². The van der Waals surface area contributed by atoms with E-state index in [0.717, 1.165) is 49.9 Å². The van der Waals surface area contributed by atoms with E-state index in [2.05, 4.69) is 10.6 Å². The normalized spacial score (nSPS) is 38.1. The smallest absolute Gasteiger partial charge is 0.243 e. The Morgan fingerprint density at radius 3 is 1.92 bits per heavy atom. The molecule has 4 bridgehead atoms. The van der Waals surface area contributed by atoms with Gasteiger partial charge in [0.2, 0.25) is 11.8 Å². The highest BCUT2D eigenvalue weighted by Crippen LogP contribution is 2.60. The number of hydrogen-bond acceptors (Lipinski definition) is 2. The van der Waals surface area contributed by atoms with E-state index in [4.69, 9.17) is 0 Å². The summed E-state index contributed by atoms with van der Waals surface area (Å²) in [6.07, 6.45) is 11.7. The summed E-state index contributed by atoms with van der Waals surface area (Å²) in [5.41, 5.74) is -0.171. The lowest BCUT2D eigenvalue weighted by molar-refractivity contribution is -0.149. The van der Waals surface area contributed by atoms with Gasteiger partial charge in [0.25, 0.3) is 0 Å². The number of amides is 2. The van der Waals surface area contributed by atoms with Gasteiger partial charge in [0, 0.05) is 11.5 Å². The maximum atomic E-state index is 13.3. The zero-order valence-corrected chi connectivity index (χ0v) is 15.9. The Morgan fingerprint density at radius 2 is 1.44 bits per heavy atom. The molecule has 2 N–H and O–H groups in total. The highest BCUT2D eigenvalue weighted by Gasteiger charge is 2.55. The summed E-state index contributed by atoms with van der Waals surface area (Å²) in [5.74, 6) is 2.58. The summed E-state index contributed by atoms with van der Waals surface area (Å²) in [5, 5.41) is 6.38. The maximum Gasteiger partial charge on any atom is 0.243 e. The molecular weight excluding hydrogens is 312 g/mol. The van der Waals surface area contributed by atoms with Crippen LogP contribution in [-0.2, 0) is 9.59 Å². The van der Waals surface area contributed by atoms with Crippen LogP contribution in [0.3, 0.4) is 0 Å². The topological polar surface area (TPSA) is 58.2 Å². The maximum absolute atomic E-state index is 13.3. The molecule has 4 nitrogen and oxygen atoms in total. The molecule has 0 spiro atoms. The third-order valence-electron chi connectivity index (χ3n) is 7.46. The number of carbonyl (C=O) groups is 2. The van der Waals surface area contributed by atoms with Crippen molar-refractivity contribution in [3.05, 3.63) is 0 Å². The highest BCUT2D eigenvalue weighted by atomic mass is 16.2. The van der Waals surface area contributed by atoms with Crippen LogP contribution in [0.5, 0.6) is 0 Å². The molecule has 0 aliphatic heterocycles. The second-order valence-corrected chi connectivity index (χ2v) is 9.88. The van der Waals surface area contributed by atoms with Crippen molar-refractivity contribution in [2.45, 2.75) is 90.1 Å². The quantitative estimate of drug-likeness (QED) is 0.801. The van der Waals surface area contributed by atoms with Gasteiger partial charge in [-0.25, -0.2) is 0 Å². The van der Waals surface area contributed by atoms with Crippen LogP contribution in [0.15, 0.2) is 0 Å². The fraction of sp³-hybridized carbons (Fsp3) is 0.905. The van der Waals surface area contributed by atoms with Crippen LogP contribution in [0.4, 0.5) is 0 Å². The summed E-state index contributed by atoms with van der Waals surface area (Å²) in [4.78, 5) is 26.0. The third-order valence-corrected chi connectivity index (χ3v) is 7.46. The van der Waals surface area contributed by atoms with Crippen molar-refractivity contribution in [1.82, 2.24) is 10.6 Å². The van der Waals surface area contributed by atoms with Crippen molar-refractivity contribution < 1.29 is 9.59 Å². The molecule has 5 saturated carbocycles. The molecule has 25 heavy (non-hydrogen) atoms. The molecule has 0 unspecified atom stereocenters. The van der Waals surface area contributed by atoms with Crippen LogP contribution in [0.2, 0.25) is 0 Å². The van der Waals surface area contributed by atoms with Crippen molar-refractivity contribution >= 4 is 11.8 Å². The Bertz CT molecular complexity index is 501. The van der Waals surface area contributed by atoms with E-state index in [0.29, 0.717) is 6.04 Å². The van der Waals surface area contributed by atoms with Crippen molar-refractivity contribution in [2.75, 3.05) is 0 Å². The second-order valence-electron chi connectivity index (χ2n) is 9.88. The molecule has 0 heterocycles. The molecule has 0 radical (unpaired) electrons. The van der Waals surface area contributed by atoms with Crippen molar-refractivity contribution in [3.8, 4) is 0 Å². The minimum atomic E-state index is -0.388. The molecule has 5 aliphatic carbocycles. The van der Waals surface area contributed by atoms with Crippen LogP contribution in [-0.4, -0.2) is 23.9 Å². The molecule has 0 aromatic heterocycles. The van der Waals surface area contributed by atoms with Crippen LogP contribution in [0, 0.1) is 29.1 Å². The number of nitrogens with one attached hydrogen (secondary N) is 2. The molecule has 1 atom stereocenters. The van der Waals surface area contributed by atoms with Crippen molar-refractivity contribution in [1.29, 1.82) is 0 Å². The van der Waals surface area contributed by atoms with Gasteiger partial charge in [-0.15, -0.1) is 0 Å². The summed E-state index contributed by atoms with van der Waals surface area (Å²) >= 11 is 0. The predicted octanol–water partition coefficient (Wildman–Crippen LogP) is 3.40. The molecule has 5 rings (SSSR count). The fourth-order valence-electron chi connectivity index (χ4n) is 6.58. The molecular formula is C21H34N2O2. The Hall–Kier alpha value is -1.06. The molecule has 0 aromatic carbocycles. The summed E-state index contributed by atoms with van der Waals surface area (Å²) < 4.78 is 0. The highest BCUT2D eigenvalue weighted by molar-refractivity contribution is 5.90. The summed E-state index contributed by atoms with van der Waals surface area (Å²) in [7, 11) is 0. The lowest BCUT2D eigenvalue weighted by Gasteiger charge is -2.55. The van der Waals surface area contributed by atoms with Crippen LogP contribution < -0.4 is 10.6 Å². The molecule has 2 amide bonds. The van der Waals surface area contributed by atoms with Crippen LogP contribution >= 0.6 is 0 Å². The number of hydrogen-bond donors (Lipinski definition) is 2. The minimum Gasteiger partial charge on any atom is -0.352 e. The van der Waals surface area contributed by atoms with E-state index < -0.39 is 0 Å². The number of carbonyl (C=O) groups excluding carboxylic acids is 2. The van der Waals surface area contributed by atoms with Gasteiger partial charge in [-0.05, 0) is 75.0 Å². The average Bonchev–Trinajstić information content (AvgIpc) is 3.03. The van der Waals surface area contributed by atoms with E-state index in [-0.39, 0.29) is 29.2 Å². The first-order chi connectivity index (χ1) is 11.9. The predicted molar refractivity (Wildman–Crippen MR) is 97.8 cm³/mol. The molecule has 4 heteroatoms. The zero-order valence-electron chi connectivity index (χ0n) is 15.9. The first-order valence-corrected chi connectivity index (χ1v) is 10.6. The summed E-state index contributed by atoms with van der Waals surface area (Å²) in [6, 6.07) is -0.0775. The first-order valence-electron chi connectivity index (χ1n) is 10.6. The van der Waals surface area contributed by atoms with E-state index in [1.807, 2.05) is 13.8 Å². The van der Waals surface area contributed by atoms with E-state index in [9.17, 15) is 9.59 Å². The van der Waals surface area contributed by atoms with Gasteiger partial charge in [0.1, 0.15) is 6.04 Å². The fourth-order valence-corrected chi connectivity index (χ4v) is 6.58. The van der Waals surface area contributed by atoms with Gasteiger partial charge in [-0.2, -0.15) is 0 Å². The molecule has 0 saturated heterocycles. The third kappa shape index (κ3) is 3.33. The molecule has 0 aromatic rings. The van der Waals surface area contributed by atoms with Gasteiger partial charge in [-0.3, -0.25) is 9.59 Å². The SMILES string of the molecule is CC(C)[C@@H](NC(=O)C12CC3CC(CC(C3)C1)C2)C(=O)NC1CCCC1. The van der Waals surface area contributed by atoms with E-state index >= 15 is 0 Å². The van der Waals surface area contributed by atoms with Gasteiger partial charge in [-0.1, -0.05) is 26.7 Å². The molecule has 5 fully saturated rings. The first kappa shape index (κ1) is 17.4. The average molecular weight is 347 g/mol. The minimum absolute atomic E-state index is 0.0278. The zero-order chi connectivity index (χ0) is 17.6. The standard InChI is InChI=1S/C21H34N2O2/c1-13(2)18(19(24)22-17-5-3-4-6-17)23-20(25)21-10-14-7-15(11-21)9-16(8-14)12-21/h13-18H,3-12H2,1-2H3,(H,22,24)(H,23,25)/t14?,15?,16?,18-,21?/m1/s1. The van der Waals surface area contributed by atoms with Crippen LogP contribution in [0.25, 0.3) is 0 Å². The van der Waals surface area contributed by atoms with E-state index in [1.165, 1.54) is 32.1 Å². The second kappa shape index (κ2) is 6.59. The van der Waals surface area contributed by atoms with Gasteiger partial charge >= 0.3 is 0 Å². The van der Waals surface area contributed by atoms with Gasteiger partial charge in [0.05, 0.1) is 0 Å². The Morgan fingerprint density at radius 1 is 0.920 bits per heavy atom. The summed E-state index contributed by atoms with van der Waals surface area (Å²) in [6.45, 7) is 4.08. The lowest BCUT2D eigenvalue weighted by Crippen LogP contribution is -2.59. The number of rotatable bonds is 5. The Labute approximate surface area is 151 Å². The molecule has 140 valence electrons. The van der Waals surface area contributed by atoms with Gasteiger partial charge in [0.15, 0.2) is 0 Å². The lowest BCUT2D eigenvalue weighted by atomic mass is 9.49. The van der Waals surface area contributed by atoms with Gasteiger partial charge < -0.3 is 10.6 Å². The van der Waals surface area contributed by atoms with Crippen molar-refractivity contribution in [3.63, 3.8) is 0 Å². The van der Waals surface area contributed by atoms with E-state index in [1.54, 1.807) is 0 Å². The largest absolute Gasteiger partial charge is 0.352 e. The van der Waals surface area contributed by atoms with Crippen molar-refractivity contribution in [2.24, 2.45) is 29.1 Å². The monoisotopic (exact) mass is 346 g/mol. The molecule has 5 aliphatic rings. The Balaban J connectivity index is 1.43.